The zero-order valence-corrected chi connectivity index (χ0v) is 12.9. The molecule has 0 aliphatic rings. The van der Waals surface area contributed by atoms with Gasteiger partial charge in [0.05, 0.1) is 13.2 Å². The van der Waals surface area contributed by atoms with Crippen LogP contribution in [0.1, 0.15) is 22.8 Å². The van der Waals surface area contributed by atoms with Gasteiger partial charge >= 0.3 is 0 Å². The lowest BCUT2D eigenvalue weighted by Gasteiger charge is -2.16. The summed E-state index contributed by atoms with van der Waals surface area (Å²) in [7, 11) is 1.56. The molecule has 20 heavy (non-hydrogen) atoms. The third kappa shape index (κ3) is 3.38. The molecule has 1 unspecified atom stereocenters. The van der Waals surface area contributed by atoms with E-state index in [0.717, 1.165) is 5.56 Å². The van der Waals surface area contributed by atoms with Crippen LogP contribution in [-0.4, -0.2) is 12.2 Å². The fourth-order valence-corrected chi connectivity index (χ4v) is 2.45. The number of aryl methyl sites for hydroxylation is 1. The fourth-order valence-electron chi connectivity index (χ4n) is 2.12. The first-order chi connectivity index (χ1) is 9.51. The molecule has 0 bridgehead atoms. The molecule has 1 N–H and O–H groups in total. The molecule has 4 heteroatoms. The van der Waals surface area contributed by atoms with Crippen molar-refractivity contribution in [2.24, 2.45) is 0 Å². The fraction of sp³-hybridized carbons (Fsp3) is 0.250. The predicted octanol–water partition coefficient (Wildman–Crippen LogP) is 4.18. The molecule has 0 fully saturated rings. The largest absolute Gasteiger partial charge is 0.496 e. The number of aliphatic hydroxyl groups excluding tert-OH is 1. The van der Waals surface area contributed by atoms with E-state index in [-0.39, 0.29) is 12.2 Å². The highest BCUT2D eigenvalue weighted by Gasteiger charge is 2.16. The van der Waals surface area contributed by atoms with Crippen molar-refractivity contribution in [1.29, 1.82) is 0 Å². The van der Waals surface area contributed by atoms with Crippen LogP contribution in [0.2, 0.25) is 0 Å². The van der Waals surface area contributed by atoms with E-state index in [1.54, 1.807) is 19.2 Å². The third-order valence-electron chi connectivity index (χ3n) is 3.17. The second-order valence-electron chi connectivity index (χ2n) is 4.70. The van der Waals surface area contributed by atoms with Crippen LogP contribution in [-0.2, 0) is 6.42 Å². The topological polar surface area (TPSA) is 29.5 Å². The second kappa shape index (κ2) is 6.37. The van der Waals surface area contributed by atoms with Crippen LogP contribution < -0.4 is 4.74 Å². The summed E-state index contributed by atoms with van der Waals surface area (Å²) >= 11 is 3.22. The van der Waals surface area contributed by atoms with Crippen LogP contribution in [0.5, 0.6) is 5.75 Å². The van der Waals surface area contributed by atoms with Crippen molar-refractivity contribution in [3.63, 3.8) is 0 Å². The van der Waals surface area contributed by atoms with E-state index in [1.165, 1.54) is 6.07 Å². The maximum Gasteiger partial charge on any atom is 0.127 e. The number of benzene rings is 2. The molecule has 0 aliphatic carbocycles. The molecule has 0 saturated carbocycles. The van der Waals surface area contributed by atoms with Gasteiger partial charge in [0.2, 0.25) is 0 Å². The van der Waals surface area contributed by atoms with E-state index in [9.17, 15) is 9.50 Å². The molecule has 2 aromatic rings. The highest BCUT2D eigenvalue weighted by Crippen LogP contribution is 2.29. The van der Waals surface area contributed by atoms with Gasteiger partial charge in [0, 0.05) is 16.5 Å². The minimum atomic E-state index is -0.805. The molecule has 0 amide bonds. The Balaban J connectivity index is 2.27. The van der Waals surface area contributed by atoms with Gasteiger partial charge in [-0.1, -0.05) is 33.6 Å². The van der Waals surface area contributed by atoms with Gasteiger partial charge in [-0.15, -0.1) is 0 Å². The number of hydrogen-bond acceptors (Lipinski definition) is 2. The van der Waals surface area contributed by atoms with E-state index >= 15 is 0 Å². The van der Waals surface area contributed by atoms with Crippen LogP contribution in [0.4, 0.5) is 4.39 Å². The Labute approximate surface area is 126 Å². The van der Waals surface area contributed by atoms with Crippen molar-refractivity contribution in [1.82, 2.24) is 0 Å². The quantitative estimate of drug-likeness (QED) is 0.905. The van der Waals surface area contributed by atoms with Gasteiger partial charge < -0.3 is 9.84 Å². The summed E-state index contributed by atoms with van der Waals surface area (Å²) in [5.41, 5.74) is 2.18. The Kier molecular flexibility index (Phi) is 4.78. The number of methoxy groups -OCH3 is 1. The first-order valence-corrected chi connectivity index (χ1v) is 7.07. The normalized spacial score (nSPS) is 12.2. The zero-order chi connectivity index (χ0) is 14.7. The first kappa shape index (κ1) is 15.0. The number of hydrogen-bond donors (Lipinski definition) is 1. The summed E-state index contributed by atoms with van der Waals surface area (Å²) in [4.78, 5) is 0. The number of rotatable bonds is 4. The average molecular weight is 339 g/mol. The molecular weight excluding hydrogens is 323 g/mol. The monoisotopic (exact) mass is 338 g/mol. The van der Waals surface area contributed by atoms with Gasteiger partial charge in [-0.3, -0.25) is 0 Å². The maximum absolute atomic E-state index is 13.8. The zero-order valence-electron chi connectivity index (χ0n) is 11.4. The van der Waals surface area contributed by atoms with E-state index in [0.29, 0.717) is 21.3 Å². The van der Waals surface area contributed by atoms with Crippen LogP contribution >= 0.6 is 15.9 Å². The molecule has 0 aromatic heterocycles. The summed E-state index contributed by atoms with van der Waals surface area (Å²) in [5.74, 6) is 0.283. The van der Waals surface area contributed by atoms with Crippen molar-refractivity contribution in [3.8, 4) is 5.75 Å². The Morgan fingerprint density at radius 1 is 1.25 bits per heavy atom. The van der Waals surface area contributed by atoms with Crippen molar-refractivity contribution in [2.75, 3.05) is 7.11 Å². The van der Waals surface area contributed by atoms with E-state index in [1.807, 2.05) is 25.1 Å². The molecule has 0 radical (unpaired) electrons. The number of halogens is 2. The van der Waals surface area contributed by atoms with Crippen molar-refractivity contribution in [3.05, 3.63) is 63.4 Å². The van der Waals surface area contributed by atoms with Crippen molar-refractivity contribution >= 4 is 15.9 Å². The molecule has 2 aromatic carbocycles. The Hall–Kier alpha value is -1.39. The minimum Gasteiger partial charge on any atom is -0.496 e. The minimum absolute atomic E-state index is 0.207. The molecule has 2 nitrogen and oxygen atoms in total. The molecule has 2 rings (SSSR count). The second-order valence-corrected chi connectivity index (χ2v) is 5.62. The third-order valence-corrected chi connectivity index (χ3v) is 3.67. The molecule has 0 saturated heterocycles. The molecule has 106 valence electrons. The van der Waals surface area contributed by atoms with E-state index in [4.69, 9.17) is 4.74 Å². The Morgan fingerprint density at radius 3 is 2.65 bits per heavy atom. The van der Waals surface area contributed by atoms with Crippen LogP contribution in [0.3, 0.4) is 0 Å². The van der Waals surface area contributed by atoms with E-state index < -0.39 is 6.10 Å². The summed E-state index contributed by atoms with van der Waals surface area (Å²) in [6, 6.07) is 10.4. The van der Waals surface area contributed by atoms with Crippen LogP contribution in [0, 0.1) is 12.7 Å². The first-order valence-electron chi connectivity index (χ1n) is 6.28. The smallest absolute Gasteiger partial charge is 0.127 e. The van der Waals surface area contributed by atoms with Gasteiger partial charge in [0.1, 0.15) is 11.6 Å². The lowest BCUT2D eigenvalue weighted by Crippen LogP contribution is -2.06. The summed E-state index contributed by atoms with van der Waals surface area (Å²) in [6.45, 7) is 1.94. The lowest BCUT2D eigenvalue weighted by molar-refractivity contribution is 0.172. The van der Waals surface area contributed by atoms with Crippen molar-refractivity contribution < 1.29 is 14.2 Å². The summed E-state index contributed by atoms with van der Waals surface area (Å²) in [6.07, 6.45) is -0.598. The molecular formula is C16H16BrFO2. The Bertz CT molecular complexity index is 613. The van der Waals surface area contributed by atoms with Crippen molar-refractivity contribution in [2.45, 2.75) is 19.4 Å². The van der Waals surface area contributed by atoms with Gasteiger partial charge in [0.15, 0.2) is 0 Å². The van der Waals surface area contributed by atoms with Crippen LogP contribution in [0.15, 0.2) is 40.9 Å². The summed E-state index contributed by atoms with van der Waals surface area (Å²) < 4.78 is 19.7. The highest BCUT2D eigenvalue weighted by atomic mass is 79.9. The maximum atomic E-state index is 13.8. The van der Waals surface area contributed by atoms with Gasteiger partial charge in [0.25, 0.3) is 0 Å². The standard InChI is InChI=1S/C16H16BrFO2/c1-10-3-6-16(20-2)13(7-10)15(19)8-11-4-5-12(17)9-14(11)18/h3-7,9,15,19H,8H2,1-2H3. The number of ether oxygens (including phenoxy) is 1. The molecule has 0 spiro atoms. The molecule has 0 heterocycles. The van der Waals surface area contributed by atoms with Gasteiger partial charge in [-0.2, -0.15) is 0 Å². The summed E-state index contributed by atoms with van der Waals surface area (Å²) in [5, 5.41) is 10.3. The highest BCUT2D eigenvalue weighted by molar-refractivity contribution is 9.10. The molecule has 0 aliphatic heterocycles. The van der Waals surface area contributed by atoms with Gasteiger partial charge in [-0.05, 0) is 36.8 Å². The van der Waals surface area contributed by atoms with Crippen LogP contribution in [0.25, 0.3) is 0 Å². The lowest BCUT2D eigenvalue weighted by atomic mass is 9.99. The Morgan fingerprint density at radius 2 is 2.00 bits per heavy atom. The average Bonchev–Trinajstić information content (AvgIpc) is 2.41. The molecule has 1 atom stereocenters. The predicted molar refractivity (Wildman–Crippen MR) is 80.5 cm³/mol. The van der Waals surface area contributed by atoms with Gasteiger partial charge in [-0.25, -0.2) is 4.39 Å². The van der Waals surface area contributed by atoms with E-state index in [2.05, 4.69) is 15.9 Å². The SMILES string of the molecule is COc1ccc(C)cc1C(O)Cc1ccc(Br)cc1F. The number of aliphatic hydroxyl groups is 1.